The molecule has 1 N–H and O–H groups in total. The molecule has 0 aliphatic heterocycles. The lowest BCUT2D eigenvalue weighted by Gasteiger charge is -1.99. The molecule has 0 radical (unpaired) electrons. The predicted octanol–water partition coefficient (Wildman–Crippen LogP) is 0.0313. The Morgan fingerprint density at radius 3 is 2.43 bits per heavy atom. The highest BCUT2D eigenvalue weighted by molar-refractivity contribution is 5.91. The highest BCUT2D eigenvalue weighted by atomic mass is 16.5. The van der Waals surface area contributed by atoms with E-state index >= 15 is 0 Å². The minimum absolute atomic E-state index is 0.0789. The van der Waals surface area contributed by atoms with E-state index in [4.69, 9.17) is 9.84 Å². The van der Waals surface area contributed by atoms with Crippen molar-refractivity contribution < 1.29 is 24.2 Å². The number of carbonyl (C=O) groups excluding carboxylic acids is 2. The molecule has 0 bridgehead atoms. The van der Waals surface area contributed by atoms with Crippen molar-refractivity contribution in [3.63, 3.8) is 0 Å². The van der Waals surface area contributed by atoms with Crippen LogP contribution < -0.4 is 0 Å². The number of ether oxygens (including phenoxy) is 2. The Labute approximate surface area is 82.3 Å². The third kappa shape index (κ3) is 7.30. The number of unbranched alkanes of at least 4 members (excludes halogenated alkanes) is 1. The van der Waals surface area contributed by atoms with Gasteiger partial charge in [0.2, 0.25) is 0 Å². The Morgan fingerprint density at radius 1 is 1.21 bits per heavy atom. The fourth-order valence-corrected chi connectivity index (χ4v) is 0.639. The van der Waals surface area contributed by atoms with Gasteiger partial charge in [0.15, 0.2) is 0 Å². The van der Waals surface area contributed by atoms with E-state index in [2.05, 4.69) is 4.74 Å². The maximum atomic E-state index is 10.8. The van der Waals surface area contributed by atoms with Crippen LogP contribution in [0.1, 0.15) is 12.8 Å². The molecular weight excluding hydrogens is 188 g/mol. The molecular formula is C9H14O5. The number of carbonyl (C=O) groups is 2. The minimum atomic E-state index is -0.600. The lowest BCUT2D eigenvalue weighted by molar-refractivity contribution is -0.139. The smallest absolute Gasteiger partial charge is 0.331 e. The minimum Gasteiger partial charge on any atom is -0.466 e. The van der Waals surface area contributed by atoms with Gasteiger partial charge in [0, 0.05) is 18.8 Å². The zero-order valence-electron chi connectivity index (χ0n) is 8.06. The van der Waals surface area contributed by atoms with Gasteiger partial charge in [0.05, 0.1) is 13.7 Å². The van der Waals surface area contributed by atoms with Gasteiger partial charge >= 0.3 is 11.9 Å². The topological polar surface area (TPSA) is 72.8 Å². The van der Waals surface area contributed by atoms with E-state index in [-0.39, 0.29) is 13.2 Å². The molecule has 5 nitrogen and oxygen atoms in total. The molecule has 0 saturated carbocycles. The summed E-state index contributed by atoms with van der Waals surface area (Å²) in [6.45, 7) is 0.320. The number of rotatable bonds is 6. The van der Waals surface area contributed by atoms with Crippen LogP contribution in [0.2, 0.25) is 0 Å². The van der Waals surface area contributed by atoms with Gasteiger partial charge in [0.1, 0.15) is 0 Å². The number of aliphatic hydroxyl groups excluding tert-OH is 1. The van der Waals surface area contributed by atoms with Crippen molar-refractivity contribution in [1.29, 1.82) is 0 Å². The first kappa shape index (κ1) is 12.6. The van der Waals surface area contributed by atoms with Crippen LogP contribution in [0.5, 0.6) is 0 Å². The molecule has 0 atom stereocenters. The second kappa shape index (κ2) is 8.25. The lowest BCUT2D eigenvalue weighted by atomic mass is 10.3. The summed E-state index contributed by atoms with van der Waals surface area (Å²) in [7, 11) is 1.22. The number of esters is 2. The van der Waals surface area contributed by atoms with Crippen LogP contribution in [0, 0.1) is 0 Å². The van der Waals surface area contributed by atoms with Crippen molar-refractivity contribution in [2.75, 3.05) is 20.3 Å². The van der Waals surface area contributed by atoms with Crippen molar-refractivity contribution in [3.8, 4) is 0 Å². The monoisotopic (exact) mass is 202 g/mol. The largest absolute Gasteiger partial charge is 0.466 e. The van der Waals surface area contributed by atoms with Crippen LogP contribution in [0.15, 0.2) is 12.2 Å². The zero-order valence-corrected chi connectivity index (χ0v) is 8.06. The van der Waals surface area contributed by atoms with Crippen molar-refractivity contribution in [1.82, 2.24) is 0 Å². The Morgan fingerprint density at radius 2 is 1.86 bits per heavy atom. The van der Waals surface area contributed by atoms with E-state index in [9.17, 15) is 9.59 Å². The quantitative estimate of drug-likeness (QED) is 0.374. The third-order valence-electron chi connectivity index (χ3n) is 1.35. The van der Waals surface area contributed by atoms with Gasteiger partial charge in [0.25, 0.3) is 0 Å². The Balaban J connectivity index is 3.55. The molecule has 0 rings (SSSR count). The van der Waals surface area contributed by atoms with Crippen LogP contribution in [-0.4, -0.2) is 37.4 Å². The SMILES string of the molecule is COC(=O)/C=C\C(=O)OCCCCO. The molecule has 0 aromatic carbocycles. The van der Waals surface area contributed by atoms with Gasteiger partial charge < -0.3 is 14.6 Å². The maximum absolute atomic E-state index is 10.8. The third-order valence-corrected chi connectivity index (χ3v) is 1.35. The second-order valence-electron chi connectivity index (χ2n) is 2.45. The summed E-state index contributed by atoms with van der Waals surface area (Å²) < 4.78 is 8.97. The summed E-state index contributed by atoms with van der Waals surface area (Å²) in [6, 6.07) is 0. The molecule has 0 spiro atoms. The van der Waals surface area contributed by atoms with Crippen molar-refractivity contribution in [2.45, 2.75) is 12.8 Å². The molecule has 0 aliphatic carbocycles. The van der Waals surface area contributed by atoms with E-state index < -0.39 is 11.9 Å². The first-order chi connectivity index (χ1) is 6.70. The molecule has 0 fully saturated rings. The molecule has 0 saturated heterocycles. The highest BCUT2D eigenvalue weighted by Crippen LogP contribution is 1.90. The van der Waals surface area contributed by atoms with E-state index in [1.807, 2.05) is 0 Å². The van der Waals surface area contributed by atoms with Crippen molar-refractivity contribution in [3.05, 3.63) is 12.2 Å². The van der Waals surface area contributed by atoms with Gasteiger partial charge in [-0.1, -0.05) is 0 Å². The molecule has 14 heavy (non-hydrogen) atoms. The van der Waals surface area contributed by atoms with Gasteiger partial charge in [-0.2, -0.15) is 0 Å². The molecule has 0 aromatic rings. The average molecular weight is 202 g/mol. The van der Waals surface area contributed by atoms with Crippen LogP contribution >= 0.6 is 0 Å². The van der Waals surface area contributed by atoms with E-state index in [1.54, 1.807) is 0 Å². The Bertz CT molecular complexity index is 209. The lowest BCUT2D eigenvalue weighted by Crippen LogP contribution is -2.04. The van der Waals surface area contributed by atoms with Crippen molar-refractivity contribution in [2.24, 2.45) is 0 Å². The molecule has 0 heterocycles. The first-order valence-corrected chi connectivity index (χ1v) is 4.24. The summed E-state index contributed by atoms with van der Waals surface area (Å²) in [6.07, 6.45) is 3.20. The van der Waals surface area contributed by atoms with Gasteiger partial charge in [-0.3, -0.25) is 0 Å². The van der Waals surface area contributed by atoms with E-state index in [0.717, 1.165) is 12.2 Å². The molecule has 0 unspecified atom stereocenters. The molecule has 5 heteroatoms. The van der Waals surface area contributed by atoms with Crippen LogP contribution in [-0.2, 0) is 19.1 Å². The van der Waals surface area contributed by atoms with E-state index in [1.165, 1.54) is 7.11 Å². The van der Waals surface area contributed by atoms with Crippen LogP contribution in [0.3, 0.4) is 0 Å². The van der Waals surface area contributed by atoms with Gasteiger partial charge in [-0.25, -0.2) is 9.59 Å². The molecule has 0 amide bonds. The van der Waals surface area contributed by atoms with Gasteiger partial charge in [-0.15, -0.1) is 0 Å². The summed E-state index contributed by atoms with van der Waals surface area (Å²) in [5.41, 5.74) is 0. The predicted molar refractivity (Wildman–Crippen MR) is 48.4 cm³/mol. The number of hydrogen-bond acceptors (Lipinski definition) is 5. The number of hydrogen-bond donors (Lipinski definition) is 1. The number of aliphatic hydroxyl groups is 1. The van der Waals surface area contributed by atoms with Crippen LogP contribution in [0.4, 0.5) is 0 Å². The highest BCUT2D eigenvalue weighted by Gasteiger charge is 1.98. The zero-order chi connectivity index (χ0) is 10.8. The standard InChI is InChI=1S/C9H14O5/c1-13-8(11)4-5-9(12)14-7-3-2-6-10/h4-5,10H,2-3,6-7H2,1H3/b5-4-. The Kier molecular flexibility index (Phi) is 7.45. The van der Waals surface area contributed by atoms with Crippen molar-refractivity contribution >= 4 is 11.9 Å². The molecule has 0 aliphatic rings. The average Bonchev–Trinajstić information content (AvgIpc) is 2.21. The first-order valence-electron chi connectivity index (χ1n) is 4.24. The normalized spacial score (nSPS) is 10.1. The summed E-state index contributed by atoms with van der Waals surface area (Å²) in [5.74, 6) is -1.19. The molecule has 0 aromatic heterocycles. The number of methoxy groups -OCH3 is 1. The fraction of sp³-hybridized carbons (Fsp3) is 0.556. The fourth-order valence-electron chi connectivity index (χ4n) is 0.639. The molecule has 80 valence electrons. The summed E-state index contributed by atoms with van der Waals surface area (Å²) >= 11 is 0. The van der Waals surface area contributed by atoms with Crippen LogP contribution in [0.25, 0.3) is 0 Å². The van der Waals surface area contributed by atoms with E-state index in [0.29, 0.717) is 12.8 Å². The summed E-state index contributed by atoms with van der Waals surface area (Å²) in [5, 5.41) is 8.42. The Hall–Kier alpha value is -1.36. The maximum Gasteiger partial charge on any atom is 0.331 e. The van der Waals surface area contributed by atoms with Gasteiger partial charge in [-0.05, 0) is 12.8 Å². The second-order valence-corrected chi connectivity index (χ2v) is 2.45. The summed E-state index contributed by atoms with van der Waals surface area (Å²) in [4.78, 5) is 21.4.